The fourth-order valence-electron chi connectivity index (χ4n) is 1.37. The maximum Gasteiger partial charge on any atom is 0.0897 e. The van der Waals surface area contributed by atoms with E-state index in [9.17, 15) is 0 Å². The molecule has 1 aromatic carbocycles. The molecule has 2 heteroatoms. The van der Waals surface area contributed by atoms with Gasteiger partial charge in [0.25, 0.3) is 0 Å². The third-order valence-corrected chi connectivity index (χ3v) is 2.53. The van der Waals surface area contributed by atoms with Gasteiger partial charge in [0.05, 0.1) is 12.5 Å². The molecule has 0 N–H and O–H groups in total. The van der Waals surface area contributed by atoms with Gasteiger partial charge >= 0.3 is 0 Å². The van der Waals surface area contributed by atoms with E-state index < -0.39 is 0 Å². The van der Waals surface area contributed by atoms with Gasteiger partial charge in [0.15, 0.2) is 0 Å². The fourth-order valence-corrected chi connectivity index (χ4v) is 1.46. The summed E-state index contributed by atoms with van der Waals surface area (Å²) in [6.45, 7) is 7.07. The van der Waals surface area contributed by atoms with E-state index in [-0.39, 0.29) is 0 Å². The zero-order valence-corrected chi connectivity index (χ0v) is 9.32. The van der Waals surface area contributed by atoms with Crippen molar-refractivity contribution >= 4 is 12.6 Å². The van der Waals surface area contributed by atoms with Crippen molar-refractivity contribution in [2.24, 2.45) is 0 Å². The van der Waals surface area contributed by atoms with E-state index in [0.717, 1.165) is 0 Å². The van der Waals surface area contributed by atoms with Crippen molar-refractivity contribution in [2.75, 3.05) is 5.94 Å². The van der Waals surface area contributed by atoms with Crippen LogP contribution in [0.5, 0.6) is 0 Å². The van der Waals surface area contributed by atoms with E-state index in [0.29, 0.717) is 12.5 Å². The second kappa shape index (κ2) is 4.68. The van der Waals surface area contributed by atoms with E-state index in [1.165, 1.54) is 22.3 Å². The SMILES string of the molecule is Cc1cc(COCS)cc(C)c1C. The lowest BCUT2D eigenvalue weighted by Crippen LogP contribution is -1.94. The van der Waals surface area contributed by atoms with Crippen LogP contribution in [0.4, 0.5) is 0 Å². The molecule has 13 heavy (non-hydrogen) atoms. The molecule has 0 saturated heterocycles. The lowest BCUT2D eigenvalue weighted by Gasteiger charge is -2.08. The van der Waals surface area contributed by atoms with Gasteiger partial charge in [0.1, 0.15) is 0 Å². The first-order valence-electron chi connectivity index (χ1n) is 4.40. The number of aryl methyl sites for hydroxylation is 2. The highest BCUT2D eigenvalue weighted by Crippen LogP contribution is 2.15. The summed E-state index contributed by atoms with van der Waals surface area (Å²) < 4.78 is 5.23. The number of hydrogen-bond acceptors (Lipinski definition) is 2. The maximum absolute atomic E-state index is 5.23. The van der Waals surface area contributed by atoms with Gasteiger partial charge in [-0.05, 0) is 43.0 Å². The monoisotopic (exact) mass is 196 g/mol. The van der Waals surface area contributed by atoms with Gasteiger partial charge in [-0.1, -0.05) is 12.1 Å². The predicted molar refractivity (Wildman–Crippen MR) is 59.3 cm³/mol. The Morgan fingerprint density at radius 3 is 2.15 bits per heavy atom. The summed E-state index contributed by atoms with van der Waals surface area (Å²) in [6.07, 6.45) is 0. The Kier molecular flexibility index (Phi) is 3.82. The Balaban J connectivity index is 2.86. The first kappa shape index (κ1) is 10.6. The summed E-state index contributed by atoms with van der Waals surface area (Å²) in [4.78, 5) is 0. The first-order valence-corrected chi connectivity index (χ1v) is 5.03. The topological polar surface area (TPSA) is 9.23 Å². The second-order valence-electron chi connectivity index (χ2n) is 3.33. The molecule has 1 nitrogen and oxygen atoms in total. The number of benzene rings is 1. The fraction of sp³-hybridized carbons (Fsp3) is 0.455. The van der Waals surface area contributed by atoms with Gasteiger partial charge in [-0.3, -0.25) is 0 Å². The van der Waals surface area contributed by atoms with Crippen molar-refractivity contribution in [3.05, 3.63) is 34.4 Å². The van der Waals surface area contributed by atoms with E-state index in [2.05, 4.69) is 45.5 Å². The van der Waals surface area contributed by atoms with Gasteiger partial charge in [-0.25, -0.2) is 0 Å². The second-order valence-corrected chi connectivity index (χ2v) is 3.59. The Hall–Kier alpha value is -0.470. The van der Waals surface area contributed by atoms with Crippen LogP contribution in [0.15, 0.2) is 12.1 Å². The Labute approximate surface area is 85.5 Å². The van der Waals surface area contributed by atoms with E-state index in [1.807, 2.05) is 0 Å². The molecule has 0 amide bonds. The van der Waals surface area contributed by atoms with Crippen LogP contribution in [-0.2, 0) is 11.3 Å². The predicted octanol–water partition coefficient (Wildman–Crippen LogP) is 3.02. The minimum absolute atomic E-state index is 0.478. The molecule has 0 atom stereocenters. The lowest BCUT2D eigenvalue weighted by molar-refractivity contribution is 0.170. The molecule has 0 unspecified atom stereocenters. The number of thiol groups is 1. The molecule has 0 saturated carbocycles. The summed E-state index contributed by atoms with van der Waals surface area (Å²) in [5.74, 6) is 0.478. The van der Waals surface area contributed by atoms with E-state index in [4.69, 9.17) is 4.74 Å². The highest BCUT2D eigenvalue weighted by molar-refractivity contribution is 7.80. The Morgan fingerprint density at radius 2 is 1.69 bits per heavy atom. The molecule has 0 fully saturated rings. The molecule has 0 aromatic heterocycles. The van der Waals surface area contributed by atoms with E-state index >= 15 is 0 Å². The van der Waals surface area contributed by atoms with Crippen molar-refractivity contribution in [3.8, 4) is 0 Å². The molecule has 1 aromatic rings. The summed E-state index contributed by atoms with van der Waals surface area (Å²) in [5.41, 5.74) is 5.26. The van der Waals surface area contributed by atoms with Crippen LogP contribution in [0.3, 0.4) is 0 Å². The smallest absolute Gasteiger partial charge is 0.0897 e. The number of ether oxygens (including phenoxy) is 1. The van der Waals surface area contributed by atoms with Crippen LogP contribution in [0.2, 0.25) is 0 Å². The highest BCUT2D eigenvalue weighted by Gasteiger charge is 2.00. The summed E-state index contributed by atoms with van der Waals surface area (Å²) in [5, 5.41) is 0. The van der Waals surface area contributed by atoms with Crippen LogP contribution in [0.25, 0.3) is 0 Å². The average Bonchev–Trinajstić information content (AvgIpc) is 2.10. The summed E-state index contributed by atoms with van der Waals surface area (Å²) in [6, 6.07) is 4.34. The third kappa shape index (κ3) is 2.75. The van der Waals surface area contributed by atoms with Crippen LogP contribution in [-0.4, -0.2) is 5.94 Å². The molecular weight excluding hydrogens is 180 g/mol. The zero-order valence-electron chi connectivity index (χ0n) is 8.42. The van der Waals surface area contributed by atoms with E-state index in [1.54, 1.807) is 0 Å². The highest BCUT2D eigenvalue weighted by atomic mass is 32.1. The maximum atomic E-state index is 5.23. The Bertz CT molecular complexity index is 271. The van der Waals surface area contributed by atoms with Gasteiger partial charge < -0.3 is 4.74 Å². The van der Waals surface area contributed by atoms with Crippen molar-refractivity contribution in [1.82, 2.24) is 0 Å². The quantitative estimate of drug-likeness (QED) is 0.577. The van der Waals surface area contributed by atoms with Crippen molar-refractivity contribution in [3.63, 3.8) is 0 Å². The summed E-state index contributed by atoms with van der Waals surface area (Å²) >= 11 is 4.00. The van der Waals surface area contributed by atoms with Crippen molar-refractivity contribution in [2.45, 2.75) is 27.4 Å². The van der Waals surface area contributed by atoms with Gasteiger partial charge in [-0.2, -0.15) is 12.6 Å². The van der Waals surface area contributed by atoms with Crippen LogP contribution in [0.1, 0.15) is 22.3 Å². The minimum Gasteiger partial charge on any atom is -0.366 e. The number of rotatable bonds is 3. The van der Waals surface area contributed by atoms with Crippen LogP contribution in [0, 0.1) is 20.8 Å². The number of hydrogen-bond donors (Lipinski definition) is 1. The van der Waals surface area contributed by atoms with Crippen LogP contribution >= 0.6 is 12.6 Å². The molecule has 0 aliphatic carbocycles. The molecule has 0 bridgehead atoms. The molecule has 0 heterocycles. The standard InChI is InChI=1S/C11H16OS/c1-8-4-11(6-12-7-13)5-9(2)10(8)3/h4-5,13H,6-7H2,1-3H3. The molecule has 0 aliphatic heterocycles. The minimum atomic E-state index is 0.478. The normalized spacial score (nSPS) is 10.5. The summed E-state index contributed by atoms with van der Waals surface area (Å²) in [7, 11) is 0. The average molecular weight is 196 g/mol. The van der Waals surface area contributed by atoms with Gasteiger partial charge in [0, 0.05) is 0 Å². The molecule has 0 radical (unpaired) electrons. The third-order valence-electron chi connectivity index (χ3n) is 2.35. The van der Waals surface area contributed by atoms with Gasteiger partial charge in [0.2, 0.25) is 0 Å². The first-order chi connectivity index (χ1) is 6.15. The molecule has 0 spiro atoms. The molecule has 0 aliphatic rings. The molecular formula is C11H16OS. The zero-order chi connectivity index (χ0) is 9.84. The van der Waals surface area contributed by atoms with Crippen molar-refractivity contribution in [1.29, 1.82) is 0 Å². The Morgan fingerprint density at radius 1 is 1.15 bits per heavy atom. The van der Waals surface area contributed by atoms with Crippen LogP contribution < -0.4 is 0 Å². The van der Waals surface area contributed by atoms with Gasteiger partial charge in [-0.15, -0.1) is 0 Å². The molecule has 1 rings (SSSR count). The largest absolute Gasteiger partial charge is 0.366 e. The lowest BCUT2D eigenvalue weighted by atomic mass is 10.0. The van der Waals surface area contributed by atoms with Crippen molar-refractivity contribution < 1.29 is 4.74 Å². The molecule has 72 valence electrons.